The molecule has 0 aliphatic heterocycles. The zero-order valence-corrected chi connectivity index (χ0v) is 11.6. The zero-order valence-electron chi connectivity index (χ0n) is 10.1. The van der Waals surface area contributed by atoms with E-state index in [0.717, 1.165) is 18.2 Å². The van der Waals surface area contributed by atoms with Crippen molar-refractivity contribution in [1.29, 1.82) is 5.26 Å². The van der Waals surface area contributed by atoms with Crippen LogP contribution in [0.3, 0.4) is 0 Å². The van der Waals surface area contributed by atoms with Crippen LogP contribution in [0.1, 0.15) is 11.1 Å². The largest absolute Gasteiger partial charge is 0.376 e. The molecule has 0 aromatic heterocycles. The second-order valence-corrected chi connectivity index (χ2v) is 4.93. The van der Waals surface area contributed by atoms with Crippen LogP contribution in [0.15, 0.2) is 34.8 Å². The van der Waals surface area contributed by atoms with Crippen molar-refractivity contribution in [2.75, 3.05) is 5.32 Å². The van der Waals surface area contributed by atoms with Crippen molar-refractivity contribution < 1.29 is 13.2 Å². The van der Waals surface area contributed by atoms with Crippen LogP contribution in [0.2, 0.25) is 0 Å². The number of halogens is 4. The van der Waals surface area contributed by atoms with Gasteiger partial charge in [-0.05, 0) is 30.3 Å². The van der Waals surface area contributed by atoms with Gasteiger partial charge in [0.1, 0.15) is 23.1 Å². The predicted molar refractivity (Wildman–Crippen MR) is 72.5 cm³/mol. The van der Waals surface area contributed by atoms with E-state index in [0.29, 0.717) is 0 Å². The number of anilines is 1. The lowest BCUT2D eigenvalue weighted by Gasteiger charge is -2.10. The van der Waals surface area contributed by atoms with Crippen LogP contribution < -0.4 is 5.32 Å². The monoisotopic (exact) mass is 340 g/mol. The van der Waals surface area contributed by atoms with Crippen molar-refractivity contribution in [3.05, 3.63) is 63.4 Å². The van der Waals surface area contributed by atoms with Gasteiger partial charge in [0, 0.05) is 16.6 Å². The molecule has 0 bridgehead atoms. The number of nitrogens with one attached hydrogen (secondary N) is 1. The van der Waals surface area contributed by atoms with Crippen LogP contribution in [0.4, 0.5) is 18.9 Å². The number of hydrogen-bond acceptors (Lipinski definition) is 2. The lowest BCUT2D eigenvalue weighted by Crippen LogP contribution is -2.06. The molecule has 2 rings (SSSR count). The van der Waals surface area contributed by atoms with Crippen LogP contribution in [0.5, 0.6) is 0 Å². The molecule has 6 heteroatoms. The quantitative estimate of drug-likeness (QED) is 0.901. The molecular formula is C14H8BrF3N2. The normalized spacial score (nSPS) is 10.2. The summed E-state index contributed by atoms with van der Waals surface area (Å²) in [6.07, 6.45) is 0. The summed E-state index contributed by atoms with van der Waals surface area (Å²) < 4.78 is 41.0. The molecule has 0 fully saturated rings. The Hall–Kier alpha value is -2.00. The molecule has 0 atom stereocenters. The molecule has 2 aromatic rings. The molecule has 0 saturated carbocycles. The first kappa shape index (κ1) is 14.4. The van der Waals surface area contributed by atoms with E-state index in [9.17, 15) is 13.2 Å². The van der Waals surface area contributed by atoms with Gasteiger partial charge in [-0.1, -0.05) is 15.9 Å². The first-order chi connectivity index (χ1) is 9.51. The van der Waals surface area contributed by atoms with E-state index in [1.807, 2.05) is 6.07 Å². The Bertz CT molecular complexity index is 672. The second-order valence-electron chi connectivity index (χ2n) is 4.02. The highest BCUT2D eigenvalue weighted by Crippen LogP contribution is 2.24. The number of hydrogen-bond donors (Lipinski definition) is 1. The highest BCUT2D eigenvalue weighted by atomic mass is 79.9. The van der Waals surface area contributed by atoms with Gasteiger partial charge in [0.25, 0.3) is 0 Å². The Labute approximate surface area is 122 Å². The van der Waals surface area contributed by atoms with Crippen molar-refractivity contribution in [3.63, 3.8) is 0 Å². The Morgan fingerprint density at radius 2 is 1.70 bits per heavy atom. The fraction of sp³-hybridized carbons (Fsp3) is 0.0714. The highest BCUT2D eigenvalue weighted by Gasteiger charge is 2.11. The fourth-order valence-electron chi connectivity index (χ4n) is 1.67. The van der Waals surface area contributed by atoms with Crippen molar-refractivity contribution in [2.24, 2.45) is 0 Å². The van der Waals surface area contributed by atoms with E-state index >= 15 is 0 Å². The summed E-state index contributed by atoms with van der Waals surface area (Å²) in [7, 11) is 0. The molecule has 0 aliphatic rings. The summed E-state index contributed by atoms with van der Waals surface area (Å²) in [5, 5.41) is 11.2. The standard InChI is InChI=1S/C14H8BrF3N2/c15-10-4-12(17)14(13(18)5-10)20-7-9-3-8(6-19)1-2-11(9)16/h1-5,20H,7H2. The number of rotatable bonds is 3. The van der Waals surface area contributed by atoms with E-state index in [4.69, 9.17) is 5.26 Å². The van der Waals surface area contributed by atoms with Crippen LogP contribution in [-0.2, 0) is 6.54 Å². The third kappa shape index (κ3) is 3.11. The van der Waals surface area contributed by atoms with Crippen LogP contribution in [-0.4, -0.2) is 0 Å². The maximum atomic E-state index is 13.6. The lowest BCUT2D eigenvalue weighted by molar-refractivity contribution is 0.584. The minimum Gasteiger partial charge on any atom is -0.376 e. The molecule has 102 valence electrons. The Balaban J connectivity index is 2.24. The third-order valence-electron chi connectivity index (χ3n) is 2.64. The van der Waals surface area contributed by atoms with Gasteiger partial charge in [-0.15, -0.1) is 0 Å². The van der Waals surface area contributed by atoms with Crippen LogP contribution >= 0.6 is 15.9 Å². The van der Waals surface area contributed by atoms with E-state index in [-0.39, 0.29) is 27.8 Å². The SMILES string of the molecule is N#Cc1ccc(F)c(CNc2c(F)cc(Br)cc2F)c1. The van der Waals surface area contributed by atoms with Gasteiger partial charge in [-0.3, -0.25) is 0 Å². The summed E-state index contributed by atoms with van der Waals surface area (Å²) >= 11 is 2.97. The topological polar surface area (TPSA) is 35.8 Å². The number of nitriles is 1. The molecular weight excluding hydrogens is 333 g/mol. The zero-order chi connectivity index (χ0) is 14.7. The summed E-state index contributed by atoms with van der Waals surface area (Å²) in [6.45, 7) is -0.128. The fourth-order valence-corrected chi connectivity index (χ4v) is 2.08. The average molecular weight is 341 g/mol. The van der Waals surface area contributed by atoms with Crippen LogP contribution in [0.25, 0.3) is 0 Å². The Morgan fingerprint density at radius 3 is 2.30 bits per heavy atom. The lowest BCUT2D eigenvalue weighted by atomic mass is 10.1. The van der Waals surface area contributed by atoms with E-state index < -0.39 is 17.5 Å². The van der Waals surface area contributed by atoms with Crippen molar-refractivity contribution in [3.8, 4) is 6.07 Å². The Morgan fingerprint density at radius 1 is 1.05 bits per heavy atom. The smallest absolute Gasteiger partial charge is 0.150 e. The summed E-state index contributed by atoms with van der Waals surface area (Å²) in [6, 6.07) is 7.89. The molecule has 20 heavy (non-hydrogen) atoms. The first-order valence-electron chi connectivity index (χ1n) is 5.58. The molecule has 0 spiro atoms. The van der Waals surface area contributed by atoms with E-state index in [1.165, 1.54) is 12.1 Å². The predicted octanol–water partition coefficient (Wildman–Crippen LogP) is 4.35. The summed E-state index contributed by atoms with van der Waals surface area (Å²) in [5.74, 6) is -2.11. The molecule has 2 aromatic carbocycles. The van der Waals surface area contributed by atoms with Crippen molar-refractivity contribution in [1.82, 2.24) is 0 Å². The molecule has 0 amide bonds. The summed E-state index contributed by atoms with van der Waals surface area (Å²) in [5.41, 5.74) is 0.0979. The van der Waals surface area contributed by atoms with Crippen molar-refractivity contribution >= 4 is 21.6 Å². The highest BCUT2D eigenvalue weighted by molar-refractivity contribution is 9.10. The maximum Gasteiger partial charge on any atom is 0.150 e. The molecule has 0 unspecified atom stereocenters. The van der Waals surface area contributed by atoms with E-state index in [1.54, 1.807) is 0 Å². The van der Waals surface area contributed by atoms with Gasteiger partial charge < -0.3 is 5.32 Å². The Kier molecular flexibility index (Phi) is 4.30. The maximum absolute atomic E-state index is 13.6. The number of benzene rings is 2. The molecule has 0 radical (unpaired) electrons. The summed E-state index contributed by atoms with van der Waals surface area (Å²) in [4.78, 5) is 0. The van der Waals surface area contributed by atoms with Gasteiger partial charge in [-0.2, -0.15) is 5.26 Å². The van der Waals surface area contributed by atoms with Gasteiger partial charge in [0.2, 0.25) is 0 Å². The third-order valence-corrected chi connectivity index (χ3v) is 3.10. The molecule has 0 aliphatic carbocycles. The minimum atomic E-state index is -0.784. The number of nitrogens with zero attached hydrogens (tertiary/aromatic N) is 1. The van der Waals surface area contributed by atoms with E-state index in [2.05, 4.69) is 21.2 Å². The van der Waals surface area contributed by atoms with Crippen LogP contribution in [0, 0.1) is 28.8 Å². The molecule has 1 N–H and O–H groups in total. The van der Waals surface area contributed by atoms with Gasteiger partial charge in [-0.25, -0.2) is 13.2 Å². The molecule has 0 heterocycles. The molecule has 0 saturated heterocycles. The van der Waals surface area contributed by atoms with Gasteiger partial charge in [0.15, 0.2) is 0 Å². The average Bonchev–Trinajstić information content (AvgIpc) is 2.39. The first-order valence-corrected chi connectivity index (χ1v) is 6.37. The van der Waals surface area contributed by atoms with Crippen molar-refractivity contribution in [2.45, 2.75) is 6.54 Å². The van der Waals surface area contributed by atoms with Gasteiger partial charge in [0.05, 0.1) is 11.6 Å². The second kappa shape index (κ2) is 5.97. The van der Waals surface area contributed by atoms with Gasteiger partial charge >= 0.3 is 0 Å². The molecule has 2 nitrogen and oxygen atoms in total. The minimum absolute atomic E-state index is 0.128.